The molecule has 1 unspecified atom stereocenters. The van der Waals surface area contributed by atoms with Gasteiger partial charge in [0.1, 0.15) is 6.26 Å². The molecule has 0 bridgehead atoms. The van der Waals surface area contributed by atoms with Gasteiger partial charge in [-0.05, 0) is 24.2 Å². The monoisotopic (exact) mass is 213 g/mol. The lowest BCUT2D eigenvalue weighted by Crippen LogP contribution is -2.09. The molecule has 5 heteroatoms. The predicted molar refractivity (Wildman–Crippen MR) is 53.1 cm³/mol. The number of nitrogens with zero attached hydrogens (tertiary/aromatic N) is 1. The average Bonchev–Trinajstić information content (AvgIpc) is 2.16. The molecule has 76 valence electrons. The molecule has 0 saturated heterocycles. The maximum absolute atomic E-state index is 11.4. The standard InChI is InChI=1S/C9H11NO3S/c1-6(11)7-4-5-10-9(13-2)8(7)14(3)12/h4-5H,1-3H3. The third-order valence-corrected chi connectivity index (χ3v) is 2.70. The van der Waals surface area contributed by atoms with Gasteiger partial charge in [-0.1, -0.05) is 0 Å². The first-order chi connectivity index (χ1) is 6.57. The molecule has 0 aliphatic carbocycles. The number of methoxy groups -OCH3 is 1. The van der Waals surface area contributed by atoms with E-state index in [2.05, 4.69) is 4.98 Å². The number of rotatable bonds is 3. The van der Waals surface area contributed by atoms with E-state index in [0.29, 0.717) is 10.5 Å². The Morgan fingerprint density at radius 2 is 2.29 bits per heavy atom. The van der Waals surface area contributed by atoms with E-state index < -0.39 is 11.2 Å². The van der Waals surface area contributed by atoms with Crippen molar-refractivity contribution in [3.05, 3.63) is 17.8 Å². The van der Waals surface area contributed by atoms with Crippen LogP contribution < -0.4 is 4.74 Å². The van der Waals surface area contributed by atoms with E-state index in [1.807, 2.05) is 0 Å². The summed E-state index contributed by atoms with van der Waals surface area (Å²) in [4.78, 5) is 15.5. The number of hydrogen-bond acceptors (Lipinski definition) is 4. The molecule has 0 saturated carbocycles. The number of aromatic nitrogens is 1. The summed E-state index contributed by atoms with van der Waals surface area (Å²) in [6.07, 6.45) is 2.96. The molecular formula is C9H11NO3S. The Morgan fingerprint density at radius 1 is 1.64 bits per heavy atom. The SMILES string of the molecule is COc1nccc(C(C)=O)c1[S+](C)[O-]. The van der Waals surface area contributed by atoms with Gasteiger partial charge < -0.3 is 9.29 Å². The molecule has 0 amide bonds. The molecule has 0 aliphatic rings. The van der Waals surface area contributed by atoms with E-state index in [1.54, 1.807) is 6.07 Å². The second-order valence-corrected chi connectivity index (χ2v) is 4.02. The van der Waals surface area contributed by atoms with Crippen LogP contribution >= 0.6 is 0 Å². The fourth-order valence-electron chi connectivity index (χ4n) is 1.13. The van der Waals surface area contributed by atoms with Gasteiger partial charge in [0.15, 0.2) is 5.78 Å². The number of ketones is 1. The van der Waals surface area contributed by atoms with Crippen LogP contribution in [0.4, 0.5) is 0 Å². The first-order valence-electron chi connectivity index (χ1n) is 3.95. The Hall–Kier alpha value is -1.07. The minimum absolute atomic E-state index is 0.143. The third-order valence-electron chi connectivity index (χ3n) is 1.73. The fourth-order valence-corrected chi connectivity index (χ4v) is 2.03. The summed E-state index contributed by atoms with van der Waals surface area (Å²) in [6, 6.07) is 1.54. The van der Waals surface area contributed by atoms with Crippen LogP contribution in [0.25, 0.3) is 0 Å². The topological polar surface area (TPSA) is 62.2 Å². The smallest absolute Gasteiger partial charge is 0.271 e. The van der Waals surface area contributed by atoms with E-state index >= 15 is 0 Å². The first kappa shape index (κ1) is 11.0. The highest BCUT2D eigenvalue weighted by molar-refractivity contribution is 7.90. The van der Waals surface area contributed by atoms with Crippen LogP contribution in [-0.2, 0) is 11.2 Å². The molecule has 1 aromatic rings. The zero-order valence-corrected chi connectivity index (χ0v) is 9.05. The first-order valence-corrected chi connectivity index (χ1v) is 5.51. The highest BCUT2D eigenvalue weighted by atomic mass is 32.2. The average molecular weight is 213 g/mol. The van der Waals surface area contributed by atoms with Gasteiger partial charge >= 0.3 is 0 Å². The predicted octanol–water partition coefficient (Wildman–Crippen LogP) is 1.03. The molecule has 1 atom stereocenters. The summed E-state index contributed by atoms with van der Waals surface area (Å²) in [5.41, 5.74) is 0.401. The van der Waals surface area contributed by atoms with E-state index in [4.69, 9.17) is 4.74 Å². The molecule has 14 heavy (non-hydrogen) atoms. The molecule has 1 rings (SSSR count). The molecule has 4 nitrogen and oxygen atoms in total. The second-order valence-electron chi connectivity index (χ2n) is 2.71. The lowest BCUT2D eigenvalue weighted by Gasteiger charge is -2.10. The Kier molecular flexibility index (Phi) is 3.49. The highest BCUT2D eigenvalue weighted by Crippen LogP contribution is 2.24. The maximum Gasteiger partial charge on any atom is 0.271 e. The largest absolute Gasteiger partial charge is 0.611 e. The van der Waals surface area contributed by atoms with Crippen molar-refractivity contribution in [1.82, 2.24) is 4.98 Å². The normalized spacial score (nSPS) is 12.3. The van der Waals surface area contributed by atoms with Crippen LogP contribution in [0.1, 0.15) is 17.3 Å². The molecule has 0 aliphatic heterocycles. The molecule has 1 aromatic heterocycles. The van der Waals surface area contributed by atoms with Crippen LogP contribution in [0.5, 0.6) is 5.88 Å². The number of carbonyl (C=O) groups is 1. The van der Waals surface area contributed by atoms with Gasteiger partial charge in [0.2, 0.25) is 4.90 Å². The number of pyridine rings is 1. The zero-order chi connectivity index (χ0) is 10.7. The van der Waals surface area contributed by atoms with Gasteiger partial charge in [-0.3, -0.25) is 4.79 Å². The third kappa shape index (κ3) is 2.05. The van der Waals surface area contributed by atoms with Gasteiger partial charge in [-0.15, -0.1) is 0 Å². The van der Waals surface area contributed by atoms with Crippen LogP contribution in [0, 0.1) is 0 Å². The quantitative estimate of drug-likeness (QED) is 0.555. The van der Waals surface area contributed by atoms with E-state index in [0.717, 1.165) is 0 Å². The minimum atomic E-state index is -1.28. The fraction of sp³-hybridized carbons (Fsp3) is 0.333. The maximum atomic E-state index is 11.4. The van der Waals surface area contributed by atoms with Crippen molar-refractivity contribution in [1.29, 1.82) is 0 Å². The molecule has 0 radical (unpaired) electrons. The summed E-state index contributed by atoms with van der Waals surface area (Å²) in [5, 5.41) is 0. The van der Waals surface area contributed by atoms with E-state index in [1.165, 1.54) is 26.5 Å². The molecule has 0 aromatic carbocycles. The summed E-state index contributed by atoms with van der Waals surface area (Å²) in [7, 11) is 1.43. The summed E-state index contributed by atoms with van der Waals surface area (Å²) in [6.45, 7) is 1.42. The van der Waals surface area contributed by atoms with Crippen molar-refractivity contribution in [2.24, 2.45) is 0 Å². The Balaban J connectivity index is 3.35. The van der Waals surface area contributed by atoms with Gasteiger partial charge in [-0.25, -0.2) is 4.98 Å². The van der Waals surface area contributed by atoms with Gasteiger partial charge in [0.25, 0.3) is 5.88 Å². The summed E-state index contributed by atoms with van der Waals surface area (Å²) in [5.74, 6) is 0.106. The van der Waals surface area contributed by atoms with Crippen molar-refractivity contribution in [3.63, 3.8) is 0 Å². The van der Waals surface area contributed by atoms with Crippen LogP contribution in [-0.4, -0.2) is 28.7 Å². The molecule has 1 heterocycles. The van der Waals surface area contributed by atoms with Crippen molar-refractivity contribution in [2.45, 2.75) is 11.8 Å². The molecular weight excluding hydrogens is 202 g/mol. The van der Waals surface area contributed by atoms with Gasteiger partial charge in [0, 0.05) is 6.20 Å². The molecule has 0 N–H and O–H groups in total. The van der Waals surface area contributed by atoms with Gasteiger partial charge in [0.05, 0.1) is 12.7 Å². The number of carbonyl (C=O) groups excluding carboxylic acids is 1. The van der Waals surface area contributed by atoms with Crippen molar-refractivity contribution in [3.8, 4) is 5.88 Å². The number of ether oxygens (including phenoxy) is 1. The lowest BCUT2D eigenvalue weighted by molar-refractivity contribution is 0.101. The van der Waals surface area contributed by atoms with Crippen molar-refractivity contribution < 1.29 is 14.1 Å². The Bertz CT molecular complexity index is 352. The van der Waals surface area contributed by atoms with Crippen LogP contribution in [0.3, 0.4) is 0 Å². The summed E-state index contributed by atoms with van der Waals surface area (Å²) < 4.78 is 16.3. The van der Waals surface area contributed by atoms with Crippen molar-refractivity contribution in [2.75, 3.05) is 13.4 Å². The molecule has 0 fully saturated rings. The Labute approximate surface area is 85.5 Å². The molecule has 0 spiro atoms. The number of hydrogen-bond donors (Lipinski definition) is 0. The number of Topliss-reactive ketones (excluding diaryl/α,β-unsaturated/α-hetero) is 1. The highest BCUT2D eigenvalue weighted by Gasteiger charge is 2.21. The van der Waals surface area contributed by atoms with Crippen LogP contribution in [0.15, 0.2) is 17.2 Å². The lowest BCUT2D eigenvalue weighted by atomic mass is 10.2. The van der Waals surface area contributed by atoms with E-state index in [9.17, 15) is 9.35 Å². The van der Waals surface area contributed by atoms with E-state index in [-0.39, 0.29) is 11.7 Å². The zero-order valence-electron chi connectivity index (χ0n) is 8.23. The second kappa shape index (κ2) is 4.43. The summed E-state index contributed by atoms with van der Waals surface area (Å²) >= 11 is -1.28. The van der Waals surface area contributed by atoms with Gasteiger partial charge in [-0.2, -0.15) is 0 Å². The van der Waals surface area contributed by atoms with Crippen LogP contribution in [0.2, 0.25) is 0 Å². The Morgan fingerprint density at radius 3 is 2.71 bits per heavy atom. The van der Waals surface area contributed by atoms with Crippen molar-refractivity contribution >= 4 is 17.0 Å². The minimum Gasteiger partial charge on any atom is -0.611 e.